The van der Waals surface area contributed by atoms with Crippen molar-refractivity contribution in [3.63, 3.8) is 0 Å². The first-order chi connectivity index (χ1) is 10.4. The molecule has 3 nitrogen and oxygen atoms in total. The predicted molar refractivity (Wildman–Crippen MR) is 86.2 cm³/mol. The number of piperazine rings is 1. The summed E-state index contributed by atoms with van der Waals surface area (Å²) in [7, 11) is 0. The van der Waals surface area contributed by atoms with Gasteiger partial charge in [-0.2, -0.15) is 0 Å². The number of benzene rings is 1. The van der Waals surface area contributed by atoms with Gasteiger partial charge in [-0.3, -0.25) is 9.88 Å². The Hall–Kier alpha value is -1.23. The Morgan fingerprint density at radius 3 is 2.81 bits per heavy atom. The molecule has 1 aliphatic heterocycles. The Bertz CT molecular complexity index is 565. The zero-order chi connectivity index (χ0) is 14.1. The van der Waals surface area contributed by atoms with Crippen molar-refractivity contribution in [2.24, 2.45) is 5.92 Å². The van der Waals surface area contributed by atoms with Crippen LogP contribution in [0.15, 0.2) is 42.0 Å². The number of hydrogen-bond acceptors (Lipinski definition) is 4. The Morgan fingerprint density at radius 2 is 2.10 bits per heavy atom. The first-order valence-corrected chi connectivity index (χ1v) is 8.68. The molecular weight excluding hydrogens is 278 g/mol. The molecule has 2 heterocycles. The highest BCUT2D eigenvalue weighted by molar-refractivity contribution is 7.09. The van der Waals surface area contributed by atoms with Crippen molar-refractivity contribution < 1.29 is 0 Å². The zero-order valence-electron chi connectivity index (χ0n) is 12.1. The van der Waals surface area contributed by atoms with Crippen molar-refractivity contribution in [2.45, 2.75) is 31.5 Å². The molecule has 1 aliphatic carbocycles. The summed E-state index contributed by atoms with van der Waals surface area (Å²) in [6, 6.07) is 12.0. The van der Waals surface area contributed by atoms with E-state index in [0.29, 0.717) is 12.1 Å². The zero-order valence-corrected chi connectivity index (χ0v) is 12.9. The standard InChI is InChI=1S/C17H21N3S/c1-2-4-13(5-3-1)16-11-20(10-15-8-18-12-21-15)17(9-19-16)14-6-7-14/h1-5,8,12,14,16-17,19H,6-7,9-11H2. The number of thiazole rings is 1. The molecule has 4 rings (SSSR count). The summed E-state index contributed by atoms with van der Waals surface area (Å²) < 4.78 is 0. The lowest BCUT2D eigenvalue weighted by Gasteiger charge is -2.40. The lowest BCUT2D eigenvalue weighted by Crippen LogP contribution is -2.53. The van der Waals surface area contributed by atoms with Gasteiger partial charge in [0.25, 0.3) is 0 Å². The van der Waals surface area contributed by atoms with Gasteiger partial charge in [0.15, 0.2) is 0 Å². The van der Waals surface area contributed by atoms with Crippen LogP contribution in [-0.2, 0) is 6.54 Å². The van der Waals surface area contributed by atoms with Crippen LogP contribution in [0.2, 0.25) is 0 Å². The van der Waals surface area contributed by atoms with Gasteiger partial charge in [0.05, 0.1) is 5.51 Å². The SMILES string of the molecule is c1ccc(C2CN(Cc3cncs3)C(C3CC3)CN2)cc1. The molecule has 1 aromatic carbocycles. The van der Waals surface area contributed by atoms with Crippen molar-refractivity contribution in [2.75, 3.05) is 13.1 Å². The van der Waals surface area contributed by atoms with Gasteiger partial charge >= 0.3 is 0 Å². The van der Waals surface area contributed by atoms with Gasteiger partial charge in [-0.1, -0.05) is 30.3 Å². The van der Waals surface area contributed by atoms with Gasteiger partial charge in [-0.05, 0) is 24.3 Å². The Morgan fingerprint density at radius 1 is 1.24 bits per heavy atom. The van der Waals surface area contributed by atoms with Crippen LogP contribution in [-0.4, -0.2) is 29.0 Å². The topological polar surface area (TPSA) is 28.2 Å². The van der Waals surface area contributed by atoms with Crippen LogP contribution in [0.1, 0.15) is 29.3 Å². The average molecular weight is 299 g/mol. The number of nitrogens with one attached hydrogen (secondary N) is 1. The van der Waals surface area contributed by atoms with Gasteiger partial charge in [0.2, 0.25) is 0 Å². The molecule has 4 heteroatoms. The number of nitrogens with zero attached hydrogens (tertiary/aromatic N) is 2. The fourth-order valence-electron chi connectivity index (χ4n) is 3.38. The van der Waals surface area contributed by atoms with E-state index in [4.69, 9.17) is 0 Å². The summed E-state index contributed by atoms with van der Waals surface area (Å²) in [5.74, 6) is 0.905. The van der Waals surface area contributed by atoms with E-state index in [2.05, 4.69) is 45.5 Å². The van der Waals surface area contributed by atoms with E-state index in [1.807, 2.05) is 11.7 Å². The van der Waals surface area contributed by atoms with E-state index >= 15 is 0 Å². The highest BCUT2D eigenvalue weighted by atomic mass is 32.1. The third-order valence-corrected chi connectivity index (χ3v) is 5.43. The van der Waals surface area contributed by atoms with Crippen molar-refractivity contribution in [3.8, 4) is 0 Å². The fraction of sp³-hybridized carbons (Fsp3) is 0.471. The van der Waals surface area contributed by atoms with Crippen LogP contribution in [0.3, 0.4) is 0 Å². The van der Waals surface area contributed by atoms with Crippen LogP contribution in [0.25, 0.3) is 0 Å². The molecule has 2 aliphatic rings. The van der Waals surface area contributed by atoms with Crippen LogP contribution < -0.4 is 5.32 Å². The fourth-order valence-corrected chi connectivity index (χ4v) is 4.00. The second-order valence-electron chi connectivity index (χ2n) is 6.17. The van der Waals surface area contributed by atoms with Gasteiger partial charge in [0, 0.05) is 42.8 Å². The molecule has 2 unspecified atom stereocenters. The van der Waals surface area contributed by atoms with Gasteiger partial charge in [-0.15, -0.1) is 11.3 Å². The van der Waals surface area contributed by atoms with Crippen LogP contribution in [0.5, 0.6) is 0 Å². The third kappa shape index (κ3) is 3.03. The largest absolute Gasteiger partial charge is 0.307 e. The van der Waals surface area contributed by atoms with Crippen LogP contribution >= 0.6 is 11.3 Å². The molecule has 21 heavy (non-hydrogen) atoms. The molecule has 0 radical (unpaired) electrons. The number of rotatable bonds is 4. The van der Waals surface area contributed by atoms with Gasteiger partial charge in [0.1, 0.15) is 0 Å². The number of hydrogen-bond donors (Lipinski definition) is 1. The van der Waals surface area contributed by atoms with E-state index in [-0.39, 0.29) is 0 Å². The first-order valence-electron chi connectivity index (χ1n) is 7.80. The van der Waals surface area contributed by atoms with Crippen molar-refractivity contribution in [1.82, 2.24) is 15.2 Å². The highest BCUT2D eigenvalue weighted by Crippen LogP contribution is 2.38. The van der Waals surface area contributed by atoms with E-state index in [0.717, 1.165) is 25.6 Å². The monoisotopic (exact) mass is 299 g/mol. The van der Waals surface area contributed by atoms with Gasteiger partial charge < -0.3 is 5.32 Å². The minimum atomic E-state index is 0.453. The molecule has 1 aromatic heterocycles. The van der Waals surface area contributed by atoms with Gasteiger partial charge in [-0.25, -0.2) is 0 Å². The average Bonchev–Trinajstić information content (AvgIpc) is 3.25. The molecule has 0 spiro atoms. The third-order valence-electron chi connectivity index (χ3n) is 4.67. The second-order valence-corrected chi connectivity index (χ2v) is 7.14. The van der Waals surface area contributed by atoms with E-state index in [1.54, 1.807) is 11.3 Å². The highest BCUT2D eigenvalue weighted by Gasteiger charge is 2.39. The quantitative estimate of drug-likeness (QED) is 0.940. The maximum absolute atomic E-state index is 4.23. The normalized spacial score (nSPS) is 26.9. The lowest BCUT2D eigenvalue weighted by atomic mass is 9.99. The summed E-state index contributed by atoms with van der Waals surface area (Å²) in [5, 5.41) is 3.76. The molecule has 2 atom stereocenters. The molecule has 2 aromatic rings. The summed E-state index contributed by atoms with van der Waals surface area (Å²) in [6.07, 6.45) is 4.83. The summed E-state index contributed by atoms with van der Waals surface area (Å²) >= 11 is 1.77. The van der Waals surface area contributed by atoms with E-state index in [1.165, 1.54) is 23.3 Å². The smallest absolute Gasteiger partial charge is 0.0794 e. The lowest BCUT2D eigenvalue weighted by molar-refractivity contribution is 0.108. The van der Waals surface area contributed by atoms with Crippen LogP contribution in [0, 0.1) is 5.92 Å². The molecule has 110 valence electrons. The van der Waals surface area contributed by atoms with E-state index < -0.39 is 0 Å². The molecule has 0 amide bonds. The van der Waals surface area contributed by atoms with E-state index in [9.17, 15) is 0 Å². The van der Waals surface area contributed by atoms with Crippen molar-refractivity contribution in [1.29, 1.82) is 0 Å². The molecule has 1 saturated carbocycles. The molecule has 1 N–H and O–H groups in total. The van der Waals surface area contributed by atoms with Crippen molar-refractivity contribution in [3.05, 3.63) is 52.5 Å². The minimum Gasteiger partial charge on any atom is -0.307 e. The van der Waals surface area contributed by atoms with Crippen molar-refractivity contribution >= 4 is 11.3 Å². The first kappa shape index (κ1) is 13.4. The predicted octanol–water partition coefficient (Wildman–Crippen LogP) is 3.07. The van der Waals surface area contributed by atoms with Crippen LogP contribution in [0.4, 0.5) is 0 Å². The second kappa shape index (κ2) is 5.87. The Labute approximate surface area is 130 Å². The maximum Gasteiger partial charge on any atom is 0.0794 e. The molecular formula is C17H21N3S. The molecule has 2 fully saturated rings. The Kier molecular flexibility index (Phi) is 3.76. The summed E-state index contributed by atoms with van der Waals surface area (Å²) in [4.78, 5) is 8.29. The number of aromatic nitrogens is 1. The minimum absolute atomic E-state index is 0.453. The summed E-state index contributed by atoms with van der Waals surface area (Å²) in [6.45, 7) is 3.27. The summed E-state index contributed by atoms with van der Waals surface area (Å²) in [5.41, 5.74) is 3.35. The maximum atomic E-state index is 4.23. The molecule has 0 bridgehead atoms. The Balaban J connectivity index is 1.51. The molecule has 1 saturated heterocycles.